The molecule has 1 aliphatic heterocycles. The third kappa shape index (κ3) is 3.83. The lowest BCUT2D eigenvalue weighted by molar-refractivity contribution is 0.0990. The van der Waals surface area contributed by atoms with Crippen LogP contribution in [0.4, 0.5) is 5.82 Å². The Labute approximate surface area is 154 Å². The van der Waals surface area contributed by atoms with Crippen LogP contribution in [-0.2, 0) is 6.54 Å². The molecule has 7 nitrogen and oxygen atoms in total. The van der Waals surface area contributed by atoms with Crippen molar-refractivity contribution in [1.29, 1.82) is 0 Å². The molecule has 1 fully saturated rings. The fourth-order valence-electron chi connectivity index (χ4n) is 3.31. The van der Waals surface area contributed by atoms with E-state index in [-0.39, 0.29) is 5.82 Å². The summed E-state index contributed by atoms with van der Waals surface area (Å²) in [5.41, 5.74) is 10.5. The van der Waals surface area contributed by atoms with E-state index in [1.807, 2.05) is 33.8 Å². The van der Waals surface area contributed by atoms with Gasteiger partial charge >= 0.3 is 0 Å². The number of primary amides is 1. The minimum Gasteiger partial charge on any atom is -0.363 e. The molecule has 3 N–H and O–H groups in total. The number of hydrogen-bond donors (Lipinski definition) is 2. The summed E-state index contributed by atoms with van der Waals surface area (Å²) in [6.07, 6.45) is 1.02. The van der Waals surface area contributed by atoms with Crippen LogP contribution >= 0.6 is 0 Å². The Morgan fingerprint density at radius 1 is 1.19 bits per heavy atom. The van der Waals surface area contributed by atoms with Crippen molar-refractivity contribution in [2.75, 3.05) is 18.0 Å². The predicted octanol–water partition coefficient (Wildman–Crippen LogP) is 1.57. The summed E-state index contributed by atoms with van der Waals surface area (Å²) >= 11 is 0. The first-order valence-electron chi connectivity index (χ1n) is 8.91. The molecule has 0 radical (unpaired) electrons. The molecule has 0 saturated carbocycles. The molecule has 1 saturated heterocycles. The average molecular weight is 354 g/mol. The number of nitrogens with zero attached hydrogens (tertiary/aromatic N) is 4. The van der Waals surface area contributed by atoms with Crippen LogP contribution in [-0.4, -0.2) is 40.0 Å². The Bertz CT molecular complexity index is 835. The van der Waals surface area contributed by atoms with E-state index in [2.05, 4.69) is 31.2 Å². The molecule has 3 heterocycles. The van der Waals surface area contributed by atoms with Crippen molar-refractivity contribution in [2.45, 2.75) is 46.7 Å². The number of hydrogen-bond acceptors (Lipinski definition) is 6. The zero-order chi connectivity index (χ0) is 18.8. The molecule has 0 bridgehead atoms. The number of nitrogens with two attached hydrogens (primary N) is 1. The minimum absolute atomic E-state index is 0.0841. The van der Waals surface area contributed by atoms with E-state index < -0.39 is 5.91 Å². The second-order valence-corrected chi connectivity index (χ2v) is 6.96. The molecule has 1 aliphatic rings. The largest absolute Gasteiger partial charge is 0.363 e. The van der Waals surface area contributed by atoms with Crippen molar-refractivity contribution in [2.24, 2.45) is 5.73 Å². The average Bonchev–Trinajstić information content (AvgIpc) is 3.05. The summed E-state index contributed by atoms with van der Waals surface area (Å²) in [4.78, 5) is 26.8. The fourth-order valence-corrected chi connectivity index (χ4v) is 3.31. The molecular formula is C19H26N6O. The molecule has 3 rings (SSSR count). The highest BCUT2D eigenvalue weighted by molar-refractivity contribution is 5.89. The van der Waals surface area contributed by atoms with Gasteiger partial charge in [-0.15, -0.1) is 0 Å². The van der Waals surface area contributed by atoms with Gasteiger partial charge in [-0.05, 0) is 45.7 Å². The van der Waals surface area contributed by atoms with Crippen LogP contribution in [0.15, 0.2) is 12.1 Å². The van der Waals surface area contributed by atoms with Crippen molar-refractivity contribution in [3.63, 3.8) is 0 Å². The quantitative estimate of drug-likeness (QED) is 0.846. The zero-order valence-corrected chi connectivity index (χ0v) is 15.8. The maximum atomic E-state index is 11.5. The SMILES string of the molecule is Cc1ccc(CN[C@@H]2CCN(c3nc(C(N)=O)nc(C)c3C)C2)c(C)n1. The highest BCUT2D eigenvalue weighted by Gasteiger charge is 2.26. The smallest absolute Gasteiger partial charge is 0.286 e. The molecule has 1 atom stereocenters. The van der Waals surface area contributed by atoms with Gasteiger partial charge < -0.3 is 16.0 Å². The van der Waals surface area contributed by atoms with Gasteiger partial charge in [-0.1, -0.05) is 6.07 Å². The van der Waals surface area contributed by atoms with Crippen LogP contribution in [0.3, 0.4) is 0 Å². The number of pyridine rings is 1. The molecule has 138 valence electrons. The molecule has 0 unspecified atom stereocenters. The van der Waals surface area contributed by atoms with Crippen LogP contribution in [0.2, 0.25) is 0 Å². The monoisotopic (exact) mass is 354 g/mol. The number of rotatable bonds is 5. The van der Waals surface area contributed by atoms with Crippen LogP contribution in [0.1, 0.15) is 45.2 Å². The van der Waals surface area contributed by atoms with E-state index in [1.165, 1.54) is 5.56 Å². The lowest BCUT2D eigenvalue weighted by Gasteiger charge is -2.21. The molecule has 2 aromatic heterocycles. The number of carbonyl (C=O) groups excluding carboxylic acids is 1. The zero-order valence-electron chi connectivity index (χ0n) is 15.8. The van der Waals surface area contributed by atoms with Crippen molar-refractivity contribution in [3.8, 4) is 0 Å². The van der Waals surface area contributed by atoms with Crippen LogP contribution in [0.5, 0.6) is 0 Å². The van der Waals surface area contributed by atoms with Gasteiger partial charge in [0.2, 0.25) is 5.82 Å². The number of aromatic nitrogens is 3. The van der Waals surface area contributed by atoms with Crippen molar-refractivity contribution >= 4 is 11.7 Å². The first-order chi connectivity index (χ1) is 12.3. The number of nitrogens with one attached hydrogen (secondary N) is 1. The van der Waals surface area contributed by atoms with E-state index >= 15 is 0 Å². The van der Waals surface area contributed by atoms with Crippen molar-refractivity contribution in [3.05, 3.63) is 46.2 Å². The van der Waals surface area contributed by atoms with Gasteiger partial charge in [0, 0.05) is 48.3 Å². The second kappa shape index (κ2) is 7.37. The lowest BCUT2D eigenvalue weighted by Crippen LogP contribution is -2.33. The summed E-state index contributed by atoms with van der Waals surface area (Å²) in [6, 6.07) is 4.54. The maximum absolute atomic E-state index is 11.5. The van der Waals surface area contributed by atoms with Gasteiger partial charge in [-0.25, -0.2) is 9.97 Å². The summed E-state index contributed by atoms with van der Waals surface area (Å²) in [7, 11) is 0. The van der Waals surface area contributed by atoms with Gasteiger partial charge in [-0.3, -0.25) is 9.78 Å². The van der Waals surface area contributed by atoms with Crippen LogP contribution in [0, 0.1) is 27.7 Å². The molecule has 2 aromatic rings. The maximum Gasteiger partial charge on any atom is 0.286 e. The molecule has 26 heavy (non-hydrogen) atoms. The van der Waals surface area contributed by atoms with E-state index in [9.17, 15) is 4.79 Å². The van der Waals surface area contributed by atoms with Gasteiger partial charge in [0.25, 0.3) is 5.91 Å². The Hall–Kier alpha value is -2.54. The summed E-state index contributed by atoms with van der Waals surface area (Å²) in [5, 5.41) is 3.61. The van der Waals surface area contributed by atoms with E-state index in [1.54, 1.807) is 0 Å². The van der Waals surface area contributed by atoms with E-state index in [0.29, 0.717) is 6.04 Å². The summed E-state index contributed by atoms with van der Waals surface area (Å²) in [6.45, 7) is 10.4. The standard InChI is InChI=1S/C19H26N6O/c1-11-5-6-15(14(4)22-11)9-21-16-7-8-25(10-16)19-12(2)13(3)23-18(24-19)17(20)26/h5-6,16,21H,7-10H2,1-4H3,(H2,20,26)/t16-/m1/s1. The minimum atomic E-state index is -0.592. The topological polar surface area (TPSA) is 97.0 Å². The molecule has 0 spiro atoms. The molecule has 7 heteroatoms. The number of aryl methyl sites for hydroxylation is 3. The highest BCUT2D eigenvalue weighted by atomic mass is 16.1. The van der Waals surface area contributed by atoms with Gasteiger partial charge in [0.15, 0.2) is 0 Å². The fraction of sp³-hybridized carbons (Fsp3) is 0.474. The lowest BCUT2D eigenvalue weighted by atomic mass is 10.1. The first kappa shape index (κ1) is 18.3. The summed E-state index contributed by atoms with van der Waals surface area (Å²) < 4.78 is 0. The van der Waals surface area contributed by atoms with Gasteiger partial charge in [0.05, 0.1) is 0 Å². The Kier molecular flexibility index (Phi) is 5.18. The Morgan fingerprint density at radius 3 is 2.65 bits per heavy atom. The Balaban J connectivity index is 1.68. The number of anilines is 1. The Morgan fingerprint density at radius 2 is 1.96 bits per heavy atom. The number of amides is 1. The molecule has 1 amide bonds. The van der Waals surface area contributed by atoms with Crippen molar-refractivity contribution < 1.29 is 4.79 Å². The van der Waals surface area contributed by atoms with E-state index in [4.69, 9.17) is 5.73 Å². The van der Waals surface area contributed by atoms with Gasteiger partial charge in [-0.2, -0.15) is 0 Å². The first-order valence-corrected chi connectivity index (χ1v) is 8.91. The predicted molar refractivity (Wildman–Crippen MR) is 101 cm³/mol. The highest BCUT2D eigenvalue weighted by Crippen LogP contribution is 2.24. The van der Waals surface area contributed by atoms with Crippen LogP contribution < -0.4 is 16.0 Å². The second-order valence-electron chi connectivity index (χ2n) is 6.96. The summed E-state index contributed by atoms with van der Waals surface area (Å²) in [5.74, 6) is 0.301. The molecular weight excluding hydrogens is 328 g/mol. The van der Waals surface area contributed by atoms with Crippen molar-refractivity contribution in [1.82, 2.24) is 20.3 Å². The third-order valence-corrected chi connectivity index (χ3v) is 4.99. The van der Waals surface area contributed by atoms with E-state index in [0.717, 1.165) is 54.5 Å². The number of carbonyl (C=O) groups is 1. The molecule has 0 aromatic carbocycles. The van der Waals surface area contributed by atoms with Gasteiger partial charge in [0.1, 0.15) is 5.82 Å². The molecule has 0 aliphatic carbocycles. The van der Waals surface area contributed by atoms with Crippen LogP contribution in [0.25, 0.3) is 0 Å². The normalized spacial score (nSPS) is 16.9. The third-order valence-electron chi connectivity index (χ3n) is 4.99.